The number of para-hydroxylation sites is 1. The van der Waals surface area contributed by atoms with E-state index in [1.54, 1.807) is 13.8 Å². The average molecular weight is 489 g/mol. The van der Waals surface area contributed by atoms with Gasteiger partial charge in [0.2, 0.25) is 0 Å². The van der Waals surface area contributed by atoms with Crippen LogP contribution in [0.5, 0.6) is 5.75 Å². The summed E-state index contributed by atoms with van der Waals surface area (Å²) in [6.45, 7) is 3.35. The molecule has 0 aromatic heterocycles. The van der Waals surface area contributed by atoms with E-state index in [2.05, 4.69) is 0 Å². The summed E-state index contributed by atoms with van der Waals surface area (Å²) in [5.74, 6) is 0.0935. The van der Waals surface area contributed by atoms with Crippen molar-refractivity contribution in [1.29, 1.82) is 0 Å². The summed E-state index contributed by atoms with van der Waals surface area (Å²) in [5, 5.41) is 0. The van der Waals surface area contributed by atoms with Crippen LogP contribution in [0.4, 0.5) is 23.7 Å². The van der Waals surface area contributed by atoms with Crippen LogP contribution in [-0.2, 0) is 11.3 Å². The number of imide groups is 1. The number of halogens is 3. The van der Waals surface area contributed by atoms with E-state index < -0.39 is 23.0 Å². The molecule has 1 saturated heterocycles. The number of carbonyl (C=O) groups is 2. The van der Waals surface area contributed by atoms with Crippen LogP contribution in [0.3, 0.4) is 0 Å². The maximum Gasteiger partial charge on any atom is 0.446 e. The zero-order valence-corrected chi connectivity index (χ0v) is 19.4. The number of urea groups is 1. The topological polar surface area (TPSA) is 49.9 Å². The molecular formula is C25H23F3N2O3S. The number of nitrogens with zero attached hydrogens (tertiary/aromatic N) is 2. The summed E-state index contributed by atoms with van der Waals surface area (Å²) < 4.78 is 44.6. The Hall–Kier alpha value is -3.20. The average Bonchev–Trinajstić information content (AvgIpc) is 2.94. The second-order valence-electron chi connectivity index (χ2n) is 8.43. The first-order valence-electron chi connectivity index (χ1n) is 10.7. The van der Waals surface area contributed by atoms with Crippen molar-refractivity contribution in [3.8, 4) is 5.75 Å². The lowest BCUT2D eigenvalue weighted by atomic mass is 10.0. The van der Waals surface area contributed by atoms with Crippen molar-refractivity contribution < 1.29 is 27.5 Å². The van der Waals surface area contributed by atoms with Gasteiger partial charge in [-0.25, -0.2) is 9.69 Å². The lowest BCUT2D eigenvalue weighted by Gasteiger charge is -2.29. The molecule has 0 bridgehead atoms. The molecule has 34 heavy (non-hydrogen) atoms. The van der Waals surface area contributed by atoms with Crippen LogP contribution in [0.15, 0.2) is 77.7 Å². The highest BCUT2D eigenvalue weighted by molar-refractivity contribution is 8.00. The number of amides is 3. The van der Waals surface area contributed by atoms with Crippen LogP contribution in [-0.4, -0.2) is 34.0 Å². The number of hydrogen-bond donors (Lipinski definition) is 0. The molecule has 0 radical (unpaired) electrons. The molecule has 9 heteroatoms. The van der Waals surface area contributed by atoms with Gasteiger partial charge in [-0.2, -0.15) is 13.2 Å². The Kier molecular flexibility index (Phi) is 6.49. The number of allylic oxidation sites excluding steroid dienone is 2. The van der Waals surface area contributed by atoms with Crippen LogP contribution >= 0.6 is 11.8 Å². The lowest BCUT2D eigenvalue weighted by molar-refractivity contribution is -0.123. The van der Waals surface area contributed by atoms with Gasteiger partial charge in [0.25, 0.3) is 5.91 Å². The molecule has 2 aliphatic rings. The second kappa shape index (κ2) is 9.21. The molecule has 1 aliphatic carbocycles. The first kappa shape index (κ1) is 23.9. The Morgan fingerprint density at radius 2 is 1.85 bits per heavy atom. The van der Waals surface area contributed by atoms with Gasteiger partial charge in [-0.1, -0.05) is 42.5 Å². The molecule has 1 atom stereocenters. The Bertz CT molecular complexity index is 1160. The second-order valence-corrected chi connectivity index (χ2v) is 9.56. The van der Waals surface area contributed by atoms with Gasteiger partial charge in [0.15, 0.2) is 0 Å². The van der Waals surface area contributed by atoms with Gasteiger partial charge in [-0.05, 0) is 56.0 Å². The highest BCUT2D eigenvalue weighted by Gasteiger charge is 2.52. The summed E-state index contributed by atoms with van der Waals surface area (Å²) in [6.07, 6.45) is 8.38. The molecular weight excluding hydrogens is 465 g/mol. The molecule has 1 fully saturated rings. The zero-order valence-electron chi connectivity index (χ0n) is 18.6. The summed E-state index contributed by atoms with van der Waals surface area (Å²) >= 11 is -0.292. The molecule has 178 valence electrons. The highest BCUT2D eigenvalue weighted by atomic mass is 32.2. The van der Waals surface area contributed by atoms with Gasteiger partial charge < -0.3 is 9.64 Å². The van der Waals surface area contributed by atoms with Crippen molar-refractivity contribution in [2.45, 2.75) is 48.9 Å². The van der Waals surface area contributed by atoms with E-state index in [9.17, 15) is 22.8 Å². The fourth-order valence-electron chi connectivity index (χ4n) is 3.88. The van der Waals surface area contributed by atoms with E-state index in [1.165, 1.54) is 29.2 Å². The number of hydrogen-bond acceptors (Lipinski definition) is 4. The first-order valence-corrected chi connectivity index (χ1v) is 11.5. The minimum Gasteiger partial charge on any atom is -0.486 e. The Morgan fingerprint density at radius 3 is 2.56 bits per heavy atom. The fraction of sp³-hybridized carbons (Fsp3) is 0.280. The van der Waals surface area contributed by atoms with E-state index in [1.807, 2.05) is 48.6 Å². The number of alkyl halides is 3. The quantitative estimate of drug-likeness (QED) is 0.353. The summed E-state index contributed by atoms with van der Waals surface area (Å²) in [4.78, 5) is 28.9. The predicted octanol–water partition coefficient (Wildman–Crippen LogP) is 6.31. The smallest absolute Gasteiger partial charge is 0.446 e. The normalized spacial score (nSPS) is 19.7. The van der Waals surface area contributed by atoms with Gasteiger partial charge >= 0.3 is 11.5 Å². The molecule has 1 heterocycles. The van der Waals surface area contributed by atoms with Crippen LogP contribution in [0, 0.1) is 0 Å². The van der Waals surface area contributed by atoms with Crippen molar-refractivity contribution in [3.63, 3.8) is 0 Å². The van der Waals surface area contributed by atoms with Crippen LogP contribution < -0.4 is 9.64 Å². The van der Waals surface area contributed by atoms with Crippen molar-refractivity contribution in [2.24, 2.45) is 0 Å². The van der Waals surface area contributed by atoms with Gasteiger partial charge in [0, 0.05) is 16.9 Å². The standard InChI is InChI=1S/C25H23F3N2O3S/c1-24(2)22(31)30(18-10-8-13-20(15-18)34-25(26,27)28)23(32)29(24)16-17-9-6-7-14-21(17)33-19-11-4-3-5-12-19/h3-11,13-15,19H,12,16H2,1-2H3. The van der Waals surface area contributed by atoms with E-state index >= 15 is 0 Å². The summed E-state index contributed by atoms with van der Waals surface area (Å²) in [7, 11) is 0. The van der Waals surface area contributed by atoms with E-state index in [-0.39, 0.29) is 35.0 Å². The van der Waals surface area contributed by atoms with Crippen molar-refractivity contribution >= 4 is 29.4 Å². The molecule has 2 aromatic carbocycles. The molecule has 3 amide bonds. The molecule has 2 aromatic rings. The SMILES string of the molecule is CC1(C)C(=O)N(c2cccc(SC(F)(F)F)c2)C(=O)N1Cc1ccccc1OC1C=CC=CC1. The largest absolute Gasteiger partial charge is 0.486 e. The number of anilines is 1. The third kappa shape index (κ3) is 4.99. The number of carbonyl (C=O) groups excluding carboxylic acids is 2. The van der Waals surface area contributed by atoms with Crippen molar-refractivity contribution in [2.75, 3.05) is 4.90 Å². The van der Waals surface area contributed by atoms with Crippen LogP contribution in [0.25, 0.3) is 0 Å². The molecule has 1 unspecified atom stereocenters. The highest BCUT2D eigenvalue weighted by Crippen LogP contribution is 2.40. The molecule has 4 rings (SSSR count). The fourth-order valence-corrected chi connectivity index (χ4v) is 4.47. The van der Waals surface area contributed by atoms with Crippen molar-refractivity contribution in [1.82, 2.24) is 4.90 Å². The molecule has 5 nitrogen and oxygen atoms in total. The number of benzene rings is 2. The maximum absolute atomic E-state index is 13.4. The van der Waals surface area contributed by atoms with E-state index in [0.29, 0.717) is 5.75 Å². The third-order valence-electron chi connectivity index (χ3n) is 5.65. The molecule has 0 N–H and O–H groups in total. The van der Waals surface area contributed by atoms with E-state index in [0.717, 1.165) is 16.9 Å². The number of rotatable bonds is 6. The Balaban J connectivity index is 1.60. The zero-order chi connectivity index (χ0) is 24.5. The minimum absolute atomic E-state index is 0.100. The van der Waals surface area contributed by atoms with Crippen LogP contribution in [0.2, 0.25) is 0 Å². The molecule has 0 saturated carbocycles. The maximum atomic E-state index is 13.4. The van der Waals surface area contributed by atoms with Crippen LogP contribution in [0.1, 0.15) is 25.8 Å². The van der Waals surface area contributed by atoms with E-state index in [4.69, 9.17) is 4.74 Å². The summed E-state index contributed by atoms with van der Waals surface area (Å²) in [5.41, 5.74) is -4.85. The van der Waals surface area contributed by atoms with Gasteiger partial charge in [0.05, 0.1) is 12.2 Å². The third-order valence-corrected chi connectivity index (χ3v) is 6.37. The van der Waals surface area contributed by atoms with Gasteiger partial charge in [-0.15, -0.1) is 0 Å². The van der Waals surface area contributed by atoms with Gasteiger partial charge in [-0.3, -0.25) is 4.79 Å². The minimum atomic E-state index is -4.48. The Morgan fingerprint density at radius 1 is 1.09 bits per heavy atom. The first-order chi connectivity index (χ1) is 16.1. The lowest BCUT2D eigenvalue weighted by Crippen LogP contribution is -2.43. The monoisotopic (exact) mass is 488 g/mol. The summed E-state index contributed by atoms with van der Waals surface area (Å²) in [6, 6.07) is 12.0. The molecule has 1 aliphatic heterocycles. The number of thioether (sulfide) groups is 1. The molecule has 0 spiro atoms. The van der Waals surface area contributed by atoms with Gasteiger partial charge in [0.1, 0.15) is 17.4 Å². The predicted molar refractivity (Wildman–Crippen MR) is 125 cm³/mol. The Labute approximate surface area is 199 Å². The van der Waals surface area contributed by atoms with Crippen molar-refractivity contribution in [3.05, 3.63) is 78.4 Å². The number of ether oxygens (including phenoxy) is 1.